The first-order chi connectivity index (χ1) is 16.2. The predicted molar refractivity (Wildman–Crippen MR) is 124 cm³/mol. The monoisotopic (exact) mass is 481 g/mol. The van der Waals surface area contributed by atoms with Crippen LogP contribution in [0, 0.1) is 11.3 Å². The van der Waals surface area contributed by atoms with Gasteiger partial charge in [0.1, 0.15) is 5.69 Å². The molecular formula is C24H27N5O4S. The molecule has 5 rings (SSSR count). The first kappa shape index (κ1) is 22.6. The van der Waals surface area contributed by atoms with Gasteiger partial charge in [0.25, 0.3) is 11.8 Å². The first-order valence-corrected chi connectivity index (χ1v) is 13.0. The molecular weight excluding hydrogens is 454 g/mol. The van der Waals surface area contributed by atoms with Crippen LogP contribution in [0.1, 0.15) is 63.4 Å². The number of nitriles is 1. The summed E-state index contributed by atoms with van der Waals surface area (Å²) < 4.78 is 26.5. The largest absolute Gasteiger partial charge is 0.336 e. The lowest BCUT2D eigenvalue weighted by Crippen LogP contribution is -2.46. The SMILES string of the molecule is CN(Cc1ccc(C#N)cc1)C(=O)c1nn(C)c2c1CCN(CC1(S(=O)(=O)C3CC3)CC1)C2=O. The second kappa shape index (κ2) is 7.94. The molecule has 178 valence electrons. The zero-order valence-corrected chi connectivity index (χ0v) is 20.1. The Morgan fingerprint density at radius 1 is 1.26 bits per heavy atom. The summed E-state index contributed by atoms with van der Waals surface area (Å²) in [4.78, 5) is 29.7. The van der Waals surface area contributed by atoms with Gasteiger partial charge in [-0.25, -0.2) is 8.42 Å². The second-order valence-corrected chi connectivity index (χ2v) is 12.3. The molecule has 0 unspecified atom stereocenters. The van der Waals surface area contributed by atoms with Crippen LogP contribution in [-0.4, -0.2) is 69.9 Å². The molecule has 1 aromatic carbocycles. The van der Waals surface area contributed by atoms with Crippen LogP contribution >= 0.6 is 0 Å². The summed E-state index contributed by atoms with van der Waals surface area (Å²) in [7, 11) is 0.110. The van der Waals surface area contributed by atoms with Crippen molar-refractivity contribution in [3.8, 4) is 6.07 Å². The smallest absolute Gasteiger partial charge is 0.274 e. The maximum Gasteiger partial charge on any atom is 0.274 e. The van der Waals surface area contributed by atoms with Crippen molar-refractivity contribution in [3.05, 3.63) is 52.3 Å². The number of rotatable bonds is 7. The summed E-state index contributed by atoms with van der Waals surface area (Å²) in [6.45, 7) is 0.938. The van der Waals surface area contributed by atoms with Crippen molar-refractivity contribution >= 4 is 21.7 Å². The molecule has 9 nitrogen and oxygen atoms in total. The Labute approximate surface area is 198 Å². The minimum atomic E-state index is -3.21. The molecule has 1 aliphatic heterocycles. The molecule has 0 radical (unpaired) electrons. The number of aromatic nitrogens is 2. The van der Waals surface area contributed by atoms with Gasteiger partial charge in [-0.15, -0.1) is 0 Å². The molecule has 2 heterocycles. The number of hydrogen-bond donors (Lipinski definition) is 0. The van der Waals surface area contributed by atoms with Crippen LogP contribution in [0.15, 0.2) is 24.3 Å². The Morgan fingerprint density at radius 2 is 1.94 bits per heavy atom. The molecule has 1 aromatic heterocycles. The Bertz CT molecular complexity index is 1310. The Kier molecular flexibility index (Phi) is 5.28. The van der Waals surface area contributed by atoms with Crippen molar-refractivity contribution in [1.82, 2.24) is 19.6 Å². The van der Waals surface area contributed by atoms with E-state index in [4.69, 9.17) is 5.26 Å². The molecule has 0 saturated heterocycles. The summed E-state index contributed by atoms with van der Waals surface area (Å²) in [6.07, 6.45) is 3.13. The number of amides is 2. The van der Waals surface area contributed by atoms with Crippen LogP contribution in [0.25, 0.3) is 0 Å². The lowest BCUT2D eigenvalue weighted by molar-refractivity contribution is 0.0724. The average Bonchev–Trinajstić information content (AvgIpc) is 3.74. The van der Waals surface area contributed by atoms with E-state index in [1.54, 1.807) is 48.2 Å². The highest BCUT2D eigenvalue weighted by molar-refractivity contribution is 7.94. The first-order valence-electron chi connectivity index (χ1n) is 11.5. The number of sulfone groups is 1. The van der Waals surface area contributed by atoms with E-state index in [9.17, 15) is 18.0 Å². The van der Waals surface area contributed by atoms with Gasteiger partial charge in [-0.1, -0.05) is 12.1 Å². The van der Waals surface area contributed by atoms with E-state index in [0.717, 1.165) is 18.4 Å². The van der Waals surface area contributed by atoms with Crippen LogP contribution in [0.2, 0.25) is 0 Å². The van der Waals surface area contributed by atoms with Gasteiger partial charge in [-0.2, -0.15) is 10.4 Å². The van der Waals surface area contributed by atoms with Gasteiger partial charge >= 0.3 is 0 Å². The number of aryl methyl sites for hydroxylation is 1. The summed E-state index contributed by atoms with van der Waals surface area (Å²) >= 11 is 0. The molecule has 0 bridgehead atoms. The van der Waals surface area contributed by atoms with E-state index in [1.807, 2.05) is 0 Å². The van der Waals surface area contributed by atoms with Gasteiger partial charge in [-0.05, 0) is 49.8 Å². The third kappa shape index (κ3) is 3.68. The number of carbonyl (C=O) groups excluding carboxylic acids is 2. The molecule has 2 saturated carbocycles. The van der Waals surface area contributed by atoms with E-state index in [1.165, 1.54) is 4.68 Å². The van der Waals surface area contributed by atoms with Crippen LogP contribution in [-0.2, 0) is 29.9 Å². The van der Waals surface area contributed by atoms with E-state index in [0.29, 0.717) is 49.2 Å². The molecule has 34 heavy (non-hydrogen) atoms. The fourth-order valence-corrected chi connectivity index (χ4v) is 7.33. The minimum absolute atomic E-state index is 0.219. The predicted octanol–water partition coefficient (Wildman–Crippen LogP) is 1.67. The molecule has 10 heteroatoms. The van der Waals surface area contributed by atoms with Gasteiger partial charge in [0.15, 0.2) is 15.5 Å². The Morgan fingerprint density at radius 3 is 2.53 bits per heavy atom. The number of benzene rings is 1. The zero-order chi connectivity index (χ0) is 24.3. The van der Waals surface area contributed by atoms with Crippen molar-refractivity contribution in [2.75, 3.05) is 20.1 Å². The van der Waals surface area contributed by atoms with Gasteiger partial charge in [0.05, 0.1) is 21.6 Å². The fraction of sp³-hybridized carbons (Fsp3) is 0.500. The highest BCUT2D eigenvalue weighted by Gasteiger charge is 2.60. The quantitative estimate of drug-likeness (QED) is 0.594. The zero-order valence-electron chi connectivity index (χ0n) is 19.3. The van der Waals surface area contributed by atoms with Crippen LogP contribution in [0.4, 0.5) is 0 Å². The van der Waals surface area contributed by atoms with Gasteiger partial charge in [-0.3, -0.25) is 14.3 Å². The van der Waals surface area contributed by atoms with Gasteiger partial charge in [0, 0.05) is 39.3 Å². The maximum absolute atomic E-state index is 13.3. The van der Waals surface area contributed by atoms with Crippen molar-refractivity contribution in [2.45, 2.75) is 48.6 Å². The highest BCUT2D eigenvalue weighted by Crippen LogP contribution is 2.50. The van der Waals surface area contributed by atoms with Gasteiger partial charge < -0.3 is 9.80 Å². The van der Waals surface area contributed by atoms with E-state index >= 15 is 0 Å². The van der Waals surface area contributed by atoms with Crippen LogP contribution in [0.5, 0.6) is 0 Å². The second-order valence-electron chi connectivity index (χ2n) is 9.67. The van der Waals surface area contributed by atoms with Crippen molar-refractivity contribution < 1.29 is 18.0 Å². The van der Waals surface area contributed by atoms with Crippen molar-refractivity contribution in [2.24, 2.45) is 7.05 Å². The van der Waals surface area contributed by atoms with Crippen molar-refractivity contribution in [1.29, 1.82) is 5.26 Å². The van der Waals surface area contributed by atoms with E-state index in [2.05, 4.69) is 11.2 Å². The lowest BCUT2D eigenvalue weighted by atomic mass is 10.0. The van der Waals surface area contributed by atoms with Gasteiger partial charge in [0.2, 0.25) is 0 Å². The van der Waals surface area contributed by atoms with Crippen molar-refractivity contribution in [3.63, 3.8) is 0 Å². The molecule has 0 atom stereocenters. The maximum atomic E-state index is 13.3. The summed E-state index contributed by atoms with van der Waals surface area (Å²) in [5.74, 6) is -0.542. The highest BCUT2D eigenvalue weighted by atomic mass is 32.2. The minimum Gasteiger partial charge on any atom is -0.336 e. The number of fused-ring (bicyclic) bond motifs is 1. The number of carbonyl (C=O) groups is 2. The van der Waals surface area contributed by atoms with E-state index in [-0.39, 0.29) is 29.3 Å². The third-order valence-corrected chi connectivity index (χ3v) is 10.3. The molecule has 3 aliphatic rings. The molecule has 0 N–H and O–H groups in total. The Hall–Kier alpha value is -3.19. The normalized spacial score (nSPS) is 18.9. The molecule has 2 aromatic rings. The average molecular weight is 482 g/mol. The number of hydrogen-bond acceptors (Lipinski definition) is 6. The summed E-state index contributed by atoms with van der Waals surface area (Å²) in [5, 5.41) is 13.1. The standard InChI is InChI=1S/C24H27N5O4S/c1-27(14-17-5-3-16(13-25)4-6-17)22(30)20-19-9-12-29(23(31)21(19)28(2)26-20)15-24(10-11-24)34(32,33)18-7-8-18/h3-6,18H,7-12,14-15H2,1-2H3. The molecule has 2 aliphatic carbocycles. The Balaban J connectivity index is 1.33. The number of nitrogens with zero attached hydrogens (tertiary/aromatic N) is 5. The molecule has 2 fully saturated rings. The fourth-order valence-electron chi connectivity index (χ4n) is 4.86. The molecule has 2 amide bonds. The van der Waals surface area contributed by atoms with Crippen LogP contribution < -0.4 is 0 Å². The third-order valence-electron chi connectivity index (χ3n) is 7.17. The van der Waals surface area contributed by atoms with Crippen LogP contribution in [0.3, 0.4) is 0 Å². The topological polar surface area (TPSA) is 116 Å². The lowest BCUT2D eigenvalue weighted by Gasteiger charge is -2.31. The molecule has 0 spiro atoms. The summed E-state index contributed by atoms with van der Waals surface area (Å²) in [5.41, 5.74) is 2.68. The van der Waals surface area contributed by atoms with E-state index < -0.39 is 14.6 Å². The summed E-state index contributed by atoms with van der Waals surface area (Å²) in [6, 6.07) is 9.10.